The second-order valence-electron chi connectivity index (χ2n) is 1.79. The fraction of sp³-hybridized carbons (Fsp3) is 0.714. The predicted octanol–water partition coefficient (Wildman–Crippen LogP) is 0.961. The Morgan fingerprint density at radius 2 is 2.44 bits per heavy atom. The maximum absolute atomic E-state index is 5.20. The summed E-state index contributed by atoms with van der Waals surface area (Å²) in [6.45, 7) is 0. The van der Waals surface area contributed by atoms with E-state index in [1.165, 1.54) is 0 Å². The van der Waals surface area contributed by atoms with Crippen LogP contribution in [0.15, 0.2) is 0 Å². The average Bonchev–Trinajstić information content (AvgIpc) is 1.91. The first-order valence-electron chi connectivity index (χ1n) is 2.97. The highest BCUT2D eigenvalue weighted by molar-refractivity contribution is 7.98. The number of hydrogen-bond acceptors (Lipinski definition) is 2. The van der Waals surface area contributed by atoms with Crippen LogP contribution in [0.2, 0.25) is 0 Å². The van der Waals surface area contributed by atoms with E-state index in [2.05, 4.69) is 17.5 Å². The molecular weight excluding hydrogens is 130 g/mol. The highest BCUT2D eigenvalue weighted by atomic mass is 32.2. The number of nitrogens with one attached hydrogen (secondary N) is 1. The van der Waals surface area contributed by atoms with Crippen molar-refractivity contribution in [3.05, 3.63) is 0 Å². The van der Waals surface area contributed by atoms with E-state index >= 15 is 0 Å². The molecule has 0 saturated carbocycles. The van der Waals surface area contributed by atoms with Crippen LogP contribution in [0.4, 0.5) is 0 Å². The van der Waals surface area contributed by atoms with Crippen molar-refractivity contribution in [2.45, 2.75) is 12.5 Å². The van der Waals surface area contributed by atoms with Crippen molar-refractivity contribution >= 4 is 11.8 Å². The fourth-order valence-electron chi connectivity index (χ4n) is 0.547. The first-order chi connectivity index (χ1) is 4.35. The molecule has 9 heavy (non-hydrogen) atoms. The molecule has 0 aliphatic heterocycles. The molecule has 1 atom stereocenters. The minimum absolute atomic E-state index is 0.262. The molecular formula is C7H13NS. The van der Waals surface area contributed by atoms with Gasteiger partial charge in [-0.25, -0.2) is 0 Å². The van der Waals surface area contributed by atoms with Gasteiger partial charge < -0.3 is 5.32 Å². The zero-order valence-corrected chi connectivity index (χ0v) is 6.79. The molecule has 52 valence electrons. The van der Waals surface area contributed by atoms with Crippen LogP contribution in [0.1, 0.15) is 6.42 Å². The Balaban J connectivity index is 3.23. The summed E-state index contributed by atoms with van der Waals surface area (Å²) in [6.07, 6.45) is 8.35. The van der Waals surface area contributed by atoms with E-state index in [4.69, 9.17) is 6.42 Å². The lowest BCUT2D eigenvalue weighted by molar-refractivity contribution is 0.671. The van der Waals surface area contributed by atoms with Crippen LogP contribution in [-0.4, -0.2) is 25.1 Å². The molecule has 0 rings (SSSR count). The lowest BCUT2D eigenvalue weighted by Gasteiger charge is -2.06. The lowest BCUT2D eigenvalue weighted by atomic mass is 10.2. The molecule has 0 aromatic carbocycles. The summed E-state index contributed by atoms with van der Waals surface area (Å²) in [6, 6.07) is 0.262. The van der Waals surface area contributed by atoms with Crippen molar-refractivity contribution in [3.63, 3.8) is 0 Å². The van der Waals surface area contributed by atoms with Crippen LogP contribution >= 0.6 is 11.8 Å². The average molecular weight is 143 g/mol. The van der Waals surface area contributed by atoms with E-state index in [1.54, 1.807) is 0 Å². The second kappa shape index (κ2) is 6.00. The van der Waals surface area contributed by atoms with Gasteiger partial charge in [-0.1, -0.05) is 5.92 Å². The van der Waals surface area contributed by atoms with Crippen molar-refractivity contribution in [2.24, 2.45) is 0 Å². The molecule has 0 bridgehead atoms. The molecule has 1 unspecified atom stereocenters. The van der Waals surface area contributed by atoms with Crippen molar-refractivity contribution in [1.29, 1.82) is 0 Å². The van der Waals surface area contributed by atoms with E-state index < -0.39 is 0 Å². The molecule has 0 radical (unpaired) electrons. The Morgan fingerprint density at radius 1 is 1.78 bits per heavy atom. The summed E-state index contributed by atoms with van der Waals surface area (Å²) in [4.78, 5) is 0. The van der Waals surface area contributed by atoms with Gasteiger partial charge in [0.15, 0.2) is 0 Å². The first kappa shape index (κ1) is 8.87. The van der Waals surface area contributed by atoms with Gasteiger partial charge in [-0.05, 0) is 25.5 Å². The van der Waals surface area contributed by atoms with Crippen LogP contribution < -0.4 is 5.32 Å². The highest BCUT2D eigenvalue weighted by Crippen LogP contribution is 1.98. The summed E-state index contributed by atoms with van der Waals surface area (Å²) in [5, 5.41) is 3.04. The van der Waals surface area contributed by atoms with E-state index in [-0.39, 0.29) is 6.04 Å². The molecule has 0 aliphatic carbocycles. The van der Waals surface area contributed by atoms with Gasteiger partial charge in [0.25, 0.3) is 0 Å². The Bertz CT molecular complexity index is 95.6. The maximum atomic E-state index is 5.20. The Hall–Kier alpha value is -0.130. The third-order valence-electron chi connectivity index (χ3n) is 1.16. The molecule has 2 heteroatoms. The van der Waals surface area contributed by atoms with Crippen LogP contribution in [0, 0.1) is 12.3 Å². The van der Waals surface area contributed by atoms with E-state index in [9.17, 15) is 0 Å². The summed E-state index contributed by atoms with van der Waals surface area (Å²) in [5.74, 6) is 3.80. The van der Waals surface area contributed by atoms with Gasteiger partial charge in [0, 0.05) is 0 Å². The molecule has 0 spiro atoms. The number of hydrogen-bond donors (Lipinski definition) is 1. The third-order valence-corrected chi connectivity index (χ3v) is 1.80. The number of terminal acetylenes is 1. The normalized spacial score (nSPS) is 12.6. The van der Waals surface area contributed by atoms with Crippen LogP contribution in [0.3, 0.4) is 0 Å². The summed E-state index contributed by atoms with van der Waals surface area (Å²) in [7, 11) is 1.89. The molecule has 1 nitrogen and oxygen atoms in total. The van der Waals surface area contributed by atoms with Crippen LogP contribution in [0.25, 0.3) is 0 Å². The molecule has 0 aromatic rings. The summed E-state index contributed by atoms with van der Waals surface area (Å²) in [5.41, 5.74) is 0. The van der Waals surface area contributed by atoms with Crippen LogP contribution in [0.5, 0.6) is 0 Å². The largest absolute Gasteiger partial charge is 0.307 e. The minimum atomic E-state index is 0.262. The maximum Gasteiger partial charge on any atom is 0.0692 e. The molecule has 0 aromatic heterocycles. The fourth-order valence-corrected chi connectivity index (χ4v) is 1.02. The highest BCUT2D eigenvalue weighted by Gasteiger charge is 1.97. The molecule has 1 N–H and O–H groups in total. The molecule has 0 aliphatic rings. The Labute approximate surface area is 61.6 Å². The molecule has 0 heterocycles. The minimum Gasteiger partial charge on any atom is -0.307 e. The van der Waals surface area contributed by atoms with Gasteiger partial charge in [0.1, 0.15) is 0 Å². The van der Waals surface area contributed by atoms with Crippen molar-refractivity contribution < 1.29 is 0 Å². The van der Waals surface area contributed by atoms with Gasteiger partial charge in [0.05, 0.1) is 6.04 Å². The number of rotatable bonds is 4. The van der Waals surface area contributed by atoms with Gasteiger partial charge in [-0.2, -0.15) is 11.8 Å². The SMILES string of the molecule is C#CC(CCSC)NC. The Kier molecular flexibility index (Phi) is 5.91. The Morgan fingerprint density at radius 3 is 2.78 bits per heavy atom. The monoisotopic (exact) mass is 143 g/mol. The van der Waals surface area contributed by atoms with Gasteiger partial charge in [0.2, 0.25) is 0 Å². The van der Waals surface area contributed by atoms with E-state index in [0.717, 1.165) is 12.2 Å². The zero-order chi connectivity index (χ0) is 7.11. The molecule has 0 saturated heterocycles. The van der Waals surface area contributed by atoms with E-state index in [0.29, 0.717) is 0 Å². The first-order valence-corrected chi connectivity index (χ1v) is 4.37. The molecule has 0 fully saturated rings. The van der Waals surface area contributed by atoms with Crippen molar-refractivity contribution in [1.82, 2.24) is 5.32 Å². The van der Waals surface area contributed by atoms with E-state index in [1.807, 2.05) is 18.8 Å². The third kappa shape index (κ3) is 4.38. The zero-order valence-electron chi connectivity index (χ0n) is 5.98. The standard InChI is InChI=1S/C7H13NS/c1-4-7(8-2)5-6-9-3/h1,7-8H,5-6H2,2-3H3. The van der Waals surface area contributed by atoms with Gasteiger partial charge in [-0.3, -0.25) is 0 Å². The van der Waals surface area contributed by atoms with Crippen molar-refractivity contribution in [3.8, 4) is 12.3 Å². The molecule has 0 amide bonds. The summed E-state index contributed by atoms with van der Waals surface area (Å²) >= 11 is 1.83. The van der Waals surface area contributed by atoms with Crippen molar-refractivity contribution in [2.75, 3.05) is 19.1 Å². The lowest BCUT2D eigenvalue weighted by Crippen LogP contribution is -2.23. The quantitative estimate of drug-likeness (QED) is 0.588. The number of thioether (sulfide) groups is 1. The van der Waals surface area contributed by atoms with Crippen LogP contribution in [-0.2, 0) is 0 Å². The topological polar surface area (TPSA) is 12.0 Å². The second-order valence-corrected chi connectivity index (χ2v) is 2.78. The predicted molar refractivity (Wildman–Crippen MR) is 44.7 cm³/mol. The van der Waals surface area contributed by atoms with Gasteiger partial charge >= 0.3 is 0 Å². The van der Waals surface area contributed by atoms with Gasteiger partial charge in [-0.15, -0.1) is 6.42 Å². The summed E-state index contributed by atoms with van der Waals surface area (Å²) < 4.78 is 0. The smallest absolute Gasteiger partial charge is 0.0692 e.